The van der Waals surface area contributed by atoms with E-state index in [1.807, 2.05) is 51.5 Å². The van der Waals surface area contributed by atoms with Gasteiger partial charge in [0.15, 0.2) is 0 Å². The number of benzene rings is 1. The fraction of sp³-hybridized carbons (Fsp3) is 0.794. The van der Waals surface area contributed by atoms with Crippen LogP contribution >= 0.6 is 7.82 Å². The van der Waals surface area contributed by atoms with E-state index in [0.717, 1.165) is 36.7 Å². The van der Waals surface area contributed by atoms with Crippen LogP contribution in [0.5, 0.6) is 0 Å². The number of carbonyl (C=O) groups is 1. The molecular weight excluding hydrogens is 565 g/mol. The molecule has 1 aromatic carbocycles. The summed E-state index contributed by atoms with van der Waals surface area (Å²) in [5, 5.41) is 0. The van der Waals surface area contributed by atoms with Gasteiger partial charge in [-0.05, 0) is 30.2 Å². The Labute approximate surface area is 262 Å². The molecule has 0 spiro atoms. The first-order valence-corrected chi connectivity index (χ1v) is 18.3. The van der Waals surface area contributed by atoms with Crippen molar-refractivity contribution in [1.82, 2.24) is 0 Å². The minimum Gasteiger partial charge on any atom is -0.756 e. The molecule has 248 valence electrons. The molecule has 1 aromatic rings. The van der Waals surface area contributed by atoms with Gasteiger partial charge in [-0.3, -0.25) is 9.36 Å². The second-order valence-electron chi connectivity index (χ2n) is 13.3. The van der Waals surface area contributed by atoms with Crippen molar-refractivity contribution in [3.63, 3.8) is 0 Å². The Kier molecular flexibility index (Phi) is 18.9. The fourth-order valence-electron chi connectivity index (χ4n) is 5.24. The van der Waals surface area contributed by atoms with Gasteiger partial charge in [0, 0.05) is 6.42 Å². The molecule has 0 amide bonds. The summed E-state index contributed by atoms with van der Waals surface area (Å²) in [5.41, 5.74) is 0.929. The monoisotopic (exact) mass is 625 g/mol. The average Bonchev–Trinajstić information content (AvgIpc) is 3.71. The smallest absolute Gasteiger partial charge is 0.305 e. The topological polar surface area (TPSA) is 94.1 Å². The van der Waals surface area contributed by atoms with Crippen LogP contribution in [-0.2, 0) is 34.5 Å². The van der Waals surface area contributed by atoms with Crippen LogP contribution in [0.3, 0.4) is 0 Å². The first-order valence-electron chi connectivity index (χ1n) is 16.8. The van der Waals surface area contributed by atoms with Crippen LogP contribution in [0.25, 0.3) is 0 Å². The van der Waals surface area contributed by atoms with Crippen LogP contribution in [0.1, 0.15) is 109 Å². The van der Waals surface area contributed by atoms with Crippen LogP contribution in [0, 0.1) is 11.8 Å². The third kappa shape index (κ3) is 20.4. The Morgan fingerprint density at radius 1 is 0.884 bits per heavy atom. The lowest BCUT2D eigenvalue weighted by Crippen LogP contribution is -2.37. The van der Waals surface area contributed by atoms with Gasteiger partial charge >= 0.3 is 5.97 Å². The largest absolute Gasteiger partial charge is 0.756 e. The van der Waals surface area contributed by atoms with Gasteiger partial charge in [0.2, 0.25) is 0 Å². The first-order chi connectivity index (χ1) is 20.6. The third-order valence-electron chi connectivity index (χ3n) is 8.14. The van der Waals surface area contributed by atoms with Gasteiger partial charge in [0.05, 0.1) is 34.4 Å². The molecule has 0 heterocycles. The van der Waals surface area contributed by atoms with Crippen molar-refractivity contribution in [1.29, 1.82) is 0 Å². The lowest BCUT2D eigenvalue weighted by atomic mass is 10.0. The Hall–Kier alpha value is -1.28. The van der Waals surface area contributed by atoms with Crippen molar-refractivity contribution in [2.24, 2.45) is 11.8 Å². The van der Waals surface area contributed by atoms with Crippen molar-refractivity contribution in [3.8, 4) is 0 Å². The summed E-state index contributed by atoms with van der Waals surface area (Å²) in [7, 11) is 1.34. The normalized spacial score (nSPS) is 18.7. The number of quaternary nitrogens is 1. The van der Waals surface area contributed by atoms with E-state index in [9.17, 15) is 14.3 Å². The second-order valence-corrected chi connectivity index (χ2v) is 14.7. The minimum absolute atomic E-state index is 0.0228. The fourth-order valence-corrected chi connectivity index (χ4v) is 5.97. The first kappa shape index (κ1) is 37.9. The Morgan fingerprint density at radius 2 is 1.49 bits per heavy atom. The van der Waals surface area contributed by atoms with Crippen LogP contribution < -0.4 is 4.89 Å². The zero-order valence-electron chi connectivity index (χ0n) is 27.5. The summed E-state index contributed by atoms with van der Waals surface area (Å²) in [6.45, 7) is 2.70. The maximum Gasteiger partial charge on any atom is 0.305 e. The van der Waals surface area contributed by atoms with Gasteiger partial charge in [-0.25, -0.2) is 0 Å². The number of unbranched alkanes of at least 4 members (excludes halogenated alkanes) is 9. The highest BCUT2D eigenvalue weighted by atomic mass is 31.2. The lowest BCUT2D eigenvalue weighted by molar-refractivity contribution is -0.870. The zero-order valence-corrected chi connectivity index (χ0v) is 28.4. The van der Waals surface area contributed by atoms with E-state index in [2.05, 4.69) is 6.92 Å². The number of ether oxygens (including phenoxy) is 2. The third-order valence-corrected chi connectivity index (χ3v) is 9.11. The lowest BCUT2D eigenvalue weighted by Gasteiger charge is -2.28. The highest BCUT2D eigenvalue weighted by molar-refractivity contribution is 7.45. The number of esters is 1. The molecule has 8 nitrogen and oxygen atoms in total. The van der Waals surface area contributed by atoms with E-state index in [4.69, 9.17) is 18.5 Å². The molecule has 43 heavy (non-hydrogen) atoms. The SMILES string of the molecule is CCCCCC[C@@H]1C[C@@H]1CCCCCCCCCC(=O)OC[C@H](COP(=O)([O-])OCC[N+](C)(C)C)OCc1ccccc1. The van der Waals surface area contributed by atoms with Crippen molar-refractivity contribution >= 4 is 13.8 Å². The number of phosphoric acid groups is 1. The number of nitrogens with zero attached hydrogens (tertiary/aromatic N) is 1. The summed E-state index contributed by atoms with van der Waals surface area (Å²) in [5.74, 6) is 1.74. The molecule has 0 aromatic heterocycles. The highest BCUT2D eigenvalue weighted by Crippen LogP contribution is 2.45. The molecule has 0 bridgehead atoms. The van der Waals surface area contributed by atoms with Gasteiger partial charge in [0.25, 0.3) is 7.82 Å². The molecule has 1 fully saturated rings. The van der Waals surface area contributed by atoms with Crippen molar-refractivity contribution in [2.45, 2.75) is 116 Å². The van der Waals surface area contributed by atoms with Gasteiger partial charge in [-0.2, -0.15) is 0 Å². The minimum atomic E-state index is -4.50. The van der Waals surface area contributed by atoms with Crippen molar-refractivity contribution < 1.29 is 37.3 Å². The molecular formula is C34H60NO7P. The Balaban J connectivity index is 1.56. The summed E-state index contributed by atoms with van der Waals surface area (Å²) < 4.78 is 34.2. The molecule has 0 aliphatic heterocycles. The van der Waals surface area contributed by atoms with Gasteiger partial charge in [0.1, 0.15) is 25.9 Å². The molecule has 1 aliphatic rings. The number of likely N-dealkylation sites (N-methyl/N-ethyl adjacent to an activating group) is 1. The molecule has 0 N–H and O–H groups in total. The van der Waals surface area contributed by atoms with Crippen LogP contribution in [-0.4, -0.2) is 64.1 Å². The number of phosphoric ester groups is 1. The number of hydrogen-bond donors (Lipinski definition) is 0. The molecule has 0 radical (unpaired) electrons. The van der Waals surface area contributed by atoms with Gasteiger partial charge < -0.3 is 27.9 Å². The van der Waals surface area contributed by atoms with E-state index in [1.54, 1.807) is 0 Å². The molecule has 4 atom stereocenters. The standard InChI is InChI=1S/C34H60NO7P/c1-5-6-7-16-21-31-26-32(31)22-17-11-9-8-10-12-18-23-34(36)40-28-33(39-27-30-19-14-13-15-20-30)29-42-43(37,38)41-25-24-35(2,3)4/h13-15,19-20,31-33H,5-12,16-18,21-29H2,1-4H3/t31-,32+,33-/m1/s1. The van der Waals surface area contributed by atoms with Gasteiger partial charge in [-0.15, -0.1) is 0 Å². The van der Waals surface area contributed by atoms with E-state index in [1.165, 1.54) is 70.6 Å². The van der Waals surface area contributed by atoms with E-state index < -0.39 is 13.9 Å². The second kappa shape index (κ2) is 21.5. The molecule has 1 unspecified atom stereocenters. The maximum absolute atomic E-state index is 12.4. The maximum atomic E-state index is 12.4. The quantitative estimate of drug-likeness (QED) is 0.0434. The molecule has 2 rings (SSSR count). The summed E-state index contributed by atoms with van der Waals surface area (Å²) >= 11 is 0. The number of hydrogen-bond acceptors (Lipinski definition) is 7. The van der Waals surface area contributed by atoms with E-state index >= 15 is 0 Å². The van der Waals surface area contributed by atoms with Crippen LogP contribution in [0.15, 0.2) is 30.3 Å². The highest BCUT2D eigenvalue weighted by Gasteiger charge is 2.35. The van der Waals surface area contributed by atoms with Gasteiger partial charge in [-0.1, -0.05) is 114 Å². The predicted molar refractivity (Wildman–Crippen MR) is 170 cm³/mol. The predicted octanol–water partition coefficient (Wildman–Crippen LogP) is 7.44. The van der Waals surface area contributed by atoms with Crippen molar-refractivity contribution in [2.75, 3.05) is 47.5 Å². The number of rotatable bonds is 27. The van der Waals surface area contributed by atoms with E-state index in [-0.39, 0.29) is 32.4 Å². The average molecular weight is 626 g/mol. The molecule has 0 saturated heterocycles. The van der Waals surface area contributed by atoms with Crippen LogP contribution in [0.2, 0.25) is 0 Å². The summed E-state index contributed by atoms with van der Waals surface area (Å²) in [4.78, 5) is 24.6. The van der Waals surface area contributed by atoms with Crippen LogP contribution in [0.4, 0.5) is 0 Å². The number of carbonyl (C=O) groups excluding carboxylic acids is 1. The molecule has 1 aliphatic carbocycles. The Bertz CT molecular complexity index is 908. The summed E-state index contributed by atoms with van der Waals surface area (Å²) in [6, 6.07) is 9.53. The Morgan fingerprint density at radius 3 is 2.12 bits per heavy atom. The molecule has 9 heteroatoms. The van der Waals surface area contributed by atoms with Crippen molar-refractivity contribution in [3.05, 3.63) is 35.9 Å². The molecule has 1 saturated carbocycles. The van der Waals surface area contributed by atoms with E-state index in [0.29, 0.717) is 17.4 Å². The zero-order chi connectivity index (χ0) is 31.4. The summed E-state index contributed by atoms with van der Waals surface area (Å²) in [6.07, 6.45) is 17.6.